The first-order valence-corrected chi connectivity index (χ1v) is 7.76. The van der Waals surface area contributed by atoms with Crippen molar-refractivity contribution in [3.63, 3.8) is 0 Å². The van der Waals surface area contributed by atoms with Crippen LogP contribution in [0.4, 0.5) is 18.0 Å². The highest BCUT2D eigenvalue weighted by Crippen LogP contribution is 2.38. The largest absolute Gasteiger partial charge is 0.418 e. The number of fused-ring (bicyclic) bond motifs is 1. The van der Waals surface area contributed by atoms with Gasteiger partial charge in [-0.3, -0.25) is 0 Å². The van der Waals surface area contributed by atoms with Crippen molar-refractivity contribution in [2.45, 2.75) is 25.6 Å². The molecule has 3 heterocycles. The second kappa shape index (κ2) is 6.12. The van der Waals surface area contributed by atoms with Crippen LogP contribution in [0.5, 0.6) is 0 Å². The third-order valence-corrected chi connectivity index (χ3v) is 4.58. The molecule has 2 aromatic heterocycles. The quantitative estimate of drug-likeness (QED) is 0.835. The second-order valence-electron chi connectivity index (χ2n) is 5.82. The van der Waals surface area contributed by atoms with Gasteiger partial charge in [0, 0.05) is 25.8 Å². The topological polar surface area (TPSA) is 77.0 Å². The lowest BCUT2D eigenvalue weighted by Gasteiger charge is -2.31. The Bertz CT molecular complexity index is 768. The van der Waals surface area contributed by atoms with E-state index in [4.69, 9.17) is 17.3 Å². The highest BCUT2D eigenvalue weighted by Gasteiger charge is 2.36. The van der Waals surface area contributed by atoms with Crippen LogP contribution in [0.1, 0.15) is 18.4 Å². The fourth-order valence-corrected chi connectivity index (χ4v) is 3.28. The van der Waals surface area contributed by atoms with Gasteiger partial charge in [-0.1, -0.05) is 11.6 Å². The molecule has 0 bridgehead atoms. The third-order valence-electron chi connectivity index (χ3n) is 4.29. The van der Waals surface area contributed by atoms with Crippen LogP contribution < -0.4 is 5.73 Å². The van der Waals surface area contributed by atoms with E-state index in [9.17, 15) is 18.0 Å². The number of nitrogens with two attached hydrogens (primary N) is 1. The number of hydrogen-bond donors (Lipinski definition) is 1. The SMILES string of the molecule is NC(=O)N1CCC(Cn2cc(C(F)(F)F)c3c(Cl)ncnc32)CC1. The molecule has 1 saturated heterocycles. The second-order valence-corrected chi connectivity index (χ2v) is 6.18. The molecule has 24 heavy (non-hydrogen) atoms. The molecule has 130 valence electrons. The maximum Gasteiger partial charge on any atom is 0.418 e. The summed E-state index contributed by atoms with van der Waals surface area (Å²) in [6, 6.07) is -0.473. The molecule has 10 heteroatoms. The zero-order valence-electron chi connectivity index (χ0n) is 12.6. The van der Waals surface area contributed by atoms with Crippen molar-refractivity contribution >= 4 is 28.7 Å². The van der Waals surface area contributed by atoms with Crippen molar-refractivity contribution in [3.05, 3.63) is 23.2 Å². The predicted octanol–water partition coefficient (Wildman–Crippen LogP) is 2.89. The lowest BCUT2D eigenvalue weighted by Crippen LogP contribution is -2.42. The van der Waals surface area contributed by atoms with Gasteiger partial charge in [0.25, 0.3) is 0 Å². The Morgan fingerprint density at radius 3 is 2.58 bits per heavy atom. The smallest absolute Gasteiger partial charge is 0.351 e. The summed E-state index contributed by atoms with van der Waals surface area (Å²) in [5, 5.41) is -0.393. The minimum Gasteiger partial charge on any atom is -0.351 e. The molecule has 0 aliphatic carbocycles. The van der Waals surface area contributed by atoms with Crippen molar-refractivity contribution in [3.8, 4) is 0 Å². The van der Waals surface area contributed by atoms with Crippen LogP contribution in [-0.2, 0) is 12.7 Å². The van der Waals surface area contributed by atoms with Crippen LogP contribution in [0.25, 0.3) is 11.0 Å². The molecule has 0 radical (unpaired) electrons. The minimum absolute atomic E-state index is 0.131. The highest BCUT2D eigenvalue weighted by molar-refractivity contribution is 6.34. The van der Waals surface area contributed by atoms with Crippen molar-refractivity contribution in [2.24, 2.45) is 11.7 Å². The Labute approximate surface area is 140 Å². The number of urea groups is 1. The number of halogens is 4. The molecule has 6 nitrogen and oxygen atoms in total. The number of primary amides is 1. The van der Waals surface area contributed by atoms with Crippen molar-refractivity contribution in [1.82, 2.24) is 19.4 Å². The van der Waals surface area contributed by atoms with E-state index >= 15 is 0 Å². The van der Waals surface area contributed by atoms with Gasteiger partial charge in [-0.25, -0.2) is 14.8 Å². The Balaban J connectivity index is 1.88. The maximum absolute atomic E-state index is 13.2. The molecule has 0 aromatic carbocycles. The summed E-state index contributed by atoms with van der Waals surface area (Å²) in [7, 11) is 0. The number of alkyl halides is 3. The summed E-state index contributed by atoms with van der Waals surface area (Å²) >= 11 is 5.86. The van der Waals surface area contributed by atoms with Crippen molar-refractivity contribution in [2.75, 3.05) is 13.1 Å². The Morgan fingerprint density at radius 2 is 2.00 bits per heavy atom. The highest BCUT2D eigenvalue weighted by atomic mass is 35.5. The van der Waals surface area contributed by atoms with E-state index in [1.807, 2.05) is 0 Å². The molecule has 2 amide bonds. The van der Waals surface area contributed by atoms with Gasteiger partial charge < -0.3 is 15.2 Å². The summed E-state index contributed by atoms with van der Waals surface area (Å²) in [5.74, 6) is 0.131. The van der Waals surface area contributed by atoms with E-state index < -0.39 is 17.8 Å². The van der Waals surface area contributed by atoms with Gasteiger partial charge in [-0.2, -0.15) is 13.2 Å². The number of aromatic nitrogens is 3. The standard InChI is InChI=1S/C14H15ClF3N5O/c15-11-10-9(14(16,17)18)6-23(12(10)21-7-20-11)5-8-1-3-22(4-2-8)13(19)24/h6-8H,1-5H2,(H2,19,24). The molecule has 0 atom stereocenters. The van der Waals surface area contributed by atoms with Crippen LogP contribution in [0.15, 0.2) is 12.5 Å². The number of carbonyl (C=O) groups excluding carboxylic acids is 1. The van der Waals surface area contributed by atoms with E-state index in [0.717, 1.165) is 12.5 Å². The molecule has 0 spiro atoms. The van der Waals surface area contributed by atoms with E-state index in [1.54, 1.807) is 0 Å². The van der Waals surface area contributed by atoms with E-state index in [1.165, 1.54) is 9.47 Å². The first-order chi connectivity index (χ1) is 11.3. The van der Waals surface area contributed by atoms with Gasteiger partial charge in [-0.15, -0.1) is 0 Å². The molecule has 2 N–H and O–H groups in total. The number of rotatable bonds is 2. The average molecular weight is 362 g/mol. The summed E-state index contributed by atoms with van der Waals surface area (Å²) in [4.78, 5) is 20.3. The van der Waals surface area contributed by atoms with Crippen LogP contribution >= 0.6 is 11.6 Å². The molecule has 1 aliphatic heterocycles. The Kier molecular flexibility index (Phi) is 4.29. The molecular formula is C14H15ClF3N5O. The summed E-state index contributed by atoms with van der Waals surface area (Å²) < 4.78 is 41.2. The fourth-order valence-electron chi connectivity index (χ4n) is 3.05. The number of nitrogens with zero attached hydrogens (tertiary/aromatic N) is 4. The molecule has 0 unspecified atom stereocenters. The molecular weight excluding hydrogens is 347 g/mol. The monoisotopic (exact) mass is 361 g/mol. The number of amides is 2. The summed E-state index contributed by atoms with van der Waals surface area (Å²) in [6.45, 7) is 1.37. The molecule has 1 aliphatic rings. The van der Waals surface area contributed by atoms with Gasteiger partial charge in [0.05, 0.1) is 10.9 Å². The first-order valence-electron chi connectivity index (χ1n) is 7.38. The number of carbonyl (C=O) groups is 1. The normalized spacial score (nSPS) is 16.8. The number of hydrogen-bond acceptors (Lipinski definition) is 3. The molecule has 1 fully saturated rings. The maximum atomic E-state index is 13.2. The van der Waals surface area contributed by atoms with Crippen molar-refractivity contribution < 1.29 is 18.0 Å². The number of piperidine rings is 1. The Morgan fingerprint density at radius 1 is 1.33 bits per heavy atom. The van der Waals surface area contributed by atoms with Crippen LogP contribution in [-0.4, -0.2) is 38.6 Å². The van der Waals surface area contributed by atoms with E-state index in [2.05, 4.69) is 9.97 Å². The van der Waals surface area contributed by atoms with Crippen LogP contribution in [0.3, 0.4) is 0 Å². The first kappa shape index (κ1) is 16.8. The number of likely N-dealkylation sites (tertiary alicyclic amines) is 1. The summed E-state index contributed by atoms with van der Waals surface area (Å²) in [5.41, 5.74) is 4.56. The van der Waals surface area contributed by atoms with E-state index in [0.29, 0.717) is 32.5 Å². The van der Waals surface area contributed by atoms with Gasteiger partial charge in [0.1, 0.15) is 17.1 Å². The van der Waals surface area contributed by atoms with E-state index in [-0.39, 0.29) is 22.1 Å². The molecule has 0 saturated carbocycles. The van der Waals surface area contributed by atoms with Gasteiger partial charge in [0.2, 0.25) is 0 Å². The van der Waals surface area contributed by atoms with Gasteiger partial charge in [0.15, 0.2) is 0 Å². The lowest BCUT2D eigenvalue weighted by atomic mass is 9.97. The van der Waals surface area contributed by atoms with Crippen molar-refractivity contribution in [1.29, 1.82) is 0 Å². The molecule has 2 aromatic rings. The third kappa shape index (κ3) is 3.12. The Hall–Kier alpha value is -2.03. The zero-order valence-corrected chi connectivity index (χ0v) is 13.3. The average Bonchev–Trinajstić information content (AvgIpc) is 2.88. The summed E-state index contributed by atoms with van der Waals surface area (Å²) in [6.07, 6.45) is -1.01. The van der Waals surface area contributed by atoms with Gasteiger partial charge >= 0.3 is 12.2 Å². The predicted molar refractivity (Wildman–Crippen MR) is 81.4 cm³/mol. The minimum atomic E-state index is -4.53. The van der Waals surface area contributed by atoms with Crippen LogP contribution in [0.2, 0.25) is 5.15 Å². The molecule has 3 rings (SSSR count). The van der Waals surface area contributed by atoms with Crippen LogP contribution in [0, 0.1) is 5.92 Å². The zero-order chi connectivity index (χ0) is 17.5. The fraction of sp³-hybridized carbons (Fsp3) is 0.500. The lowest BCUT2D eigenvalue weighted by molar-refractivity contribution is -0.136. The van der Waals surface area contributed by atoms with Gasteiger partial charge in [-0.05, 0) is 18.8 Å².